The molecule has 3 aromatic rings. The SMILES string of the molecule is O=C(NCCCc1ccccc1)c1cnn(-c2ccc(Br)cc2)c1. The van der Waals surface area contributed by atoms with Gasteiger partial charge in [0.15, 0.2) is 0 Å². The largest absolute Gasteiger partial charge is 0.352 e. The van der Waals surface area contributed by atoms with Crippen molar-refractivity contribution < 1.29 is 4.79 Å². The molecule has 0 aliphatic rings. The van der Waals surface area contributed by atoms with E-state index in [1.54, 1.807) is 17.1 Å². The van der Waals surface area contributed by atoms with Gasteiger partial charge in [-0.25, -0.2) is 4.68 Å². The maximum absolute atomic E-state index is 12.2. The lowest BCUT2D eigenvalue weighted by Crippen LogP contribution is -2.24. The molecule has 0 atom stereocenters. The first-order chi connectivity index (χ1) is 11.7. The Morgan fingerprint density at radius 2 is 1.83 bits per heavy atom. The molecule has 3 rings (SSSR count). The predicted octanol–water partition coefficient (Wildman–Crippen LogP) is 4.00. The van der Waals surface area contributed by atoms with Crippen LogP contribution in [0.4, 0.5) is 0 Å². The lowest BCUT2D eigenvalue weighted by molar-refractivity contribution is 0.0953. The highest BCUT2D eigenvalue weighted by Gasteiger charge is 2.08. The summed E-state index contributed by atoms with van der Waals surface area (Å²) in [5.74, 6) is -0.0913. The first-order valence-corrected chi connectivity index (χ1v) is 8.64. The van der Waals surface area contributed by atoms with Crippen LogP contribution < -0.4 is 5.32 Å². The van der Waals surface area contributed by atoms with Gasteiger partial charge >= 0.3 is 0 Å². The van der Waals surface area contributed by atoms with Gasteiger partial charge in [-0.3, -0.25) is 4.79 Å². The van der Waals surface area contributed by atoms with E-state index >= 15 is 0 Å². The lowest BCUT2D eigenvalue weighted by atomic mass is 10.1. The average molecular weight is 384 g/mol. The van der Waals surface area contributed by atoms with E-state index in [1.165, 1.54) is 5.56 Å². The van der Waals surface area contributed by atoms with E-state index in [0.717, 1.165) is 23.0 Å². The number of carbonyl (C=O) groups is 1. The number of carbonyl (C=O) groups excluding carboxylic acids is 1. The molecule has 1 amide bonds. The molecule has 2 aromatic carbocycles. The van der Waals surface area contributed by atoms with Crippen LogP contribution in [0.3, 0.4) is 0 Å². The van der Waals surface area contributed by atoms with Crippen LogP contribution in [0.5, 0.6) is 0 Å². The molecule has 24 heavy (non-hydrogen) atoms. The lowest BCUT2D eigenvalue weighted by Gasteiger charge is -2.04. The number of hydrogen-bond donors (Lipinski definition) is 1. The summed E-state index contributed by atoms with van der Waals surface area (Å²) < 4.78 is 2.71. The normalized spacial score (nSPS) is 10.5. The number of rotatable bonds is 6. The maximum Gasteiger partial charge on any atom is 0.254 e. The number of nitrogens with zero attached hydrogens (tertiary/aromatic N) is 2. The summed E-state index contributed by atoms with van der Waals surface area (Å²) in [6.07, 6.45) is 5.21. The minimum absolute atomic E-state index is 0.0913. The van der Waals surface area contributed by atoms with E-state index in [4.69, 9.17) is 0 Å². The molecule has 122 valence electrons. The smallest absolute Gasteiger partial charge is 0.254 e. The molecule has 0 spiro atoms. The molecule has 0 radical (unpaired) electrons. The Labute approximate surface area is 149 Å². The van der Waals surface area contributed by atoms with Gasteiger partial charge in [0.25, 0.3) is 5.91 Å². The zero-order valence-corrected chi connectivity index (χ0v) is 14.7. The van der Waals surface area contributed by atoms with E-state index < -0.39 is 0 Å². The molecular weight excluding hydrogens is 366 g/mol. The van der Waals surface area contributed by atoms with Crippen molar-refractivity contribution in [1.82, 2.24) is 15.1 Å². The molecular formula is C19H18BrN3O. The summed E-state index contributed by atoms with van der Waals surface area (Å²) in [6, 6.07) is 18.1. The van der Waals surface area contributed by atoms with E-state index in [2.05, 4.69) is 38.5 Å². The molecule has 0 fully saturated rings. The Kier molecular flexibility index (Phi) is 5.43. The molecule has 1 N–H and O–H groups in total. The first-order valence-electron chi connectivity index (χ1n) is 7.85. The zero-order valence-electron chi connectivity index (χ0n) is 13.2. The molecule has 0 bridgehead atoms. The number of nitrogens with one attached hydrogen (secondary N) is 1. The van der Waals surface area contributed by atoms with Gasteiger partial charge in [-0.1, -0.05) is 46.3 Å². The molecule has 5 heteroatoms. The summed E-state index contributed by atoms with van der Waals surface area (Å²) in [5, 5.41) is 7.20. The van der Waals surface area contributed by atoms with Crippen molar-refractivity contribution in [1.29, 1.82) is 0 Å². The third-order valence-corrected chi connectivity index (χ3v) is 4.24. The standard InChI is InChI=1S/C19H18BrN3O/c20-17-8-10-18(11-9-17)23-14-16(13-22-23)19(24)21-12-4-7-15-5-2-1-3-6-15/h1-3,5-6,8-11,13-14H,4,7,12H2,(H,21,24). The number of hydrogen-bond acceptors (Lipinski definition) is 2. The third kappa shape index (κ3) is 4.32. The van der Waals surface area contributed by atoms with Crippen LogP contribution in [0.1, 0.15) is 22.3 Å². The Morgan fingerprint density at radius 1 is 1.08 bits per heavy atom. The fourth-order valence-corrected chi connectivity index (χ4v) is 2.68. The van der Waals surface area contributed by atoms with E-state index in [-0.39, 0.29) is 5.91 Å². The Balaban J connectivity index is 1.51. The van der Waals surface area contributed by atoms with Gasteiger partial charge < -0.3 is 5.32 Å². The fourth-order valence-electron chi connectivity index (χ4n) is 2.42. The van der Waals surface area contributed by atoms with E-state index in [9.17, 15) is 4.79 Å². The summed E-state index contributed by atoms with van der Waals surface area (Å²) >= 11 is 3.40. The number of aromatic nitrogens is 2. The van der Waals surface area contributed by atoms with E-state index in [0.29, 0.717) is 12.1 Å². The van der Waals surface area contributed by atoms with Gasteiger partial charge in [-0.05, 0) is 42.7 Å². The van der Waals surface area contributed by atoms with Crippen LogP contribution in [-0.2, 0) is 6.42 Å². The fraction of sp³-hybridized carbons (Fsp3) is 0.158. The van der Waals surface area contributed by atoms with Crippen molar-refractivity contribution in [2.45, 2.75) is 12.8 Å². The van der Waals surface area contributed by atoms with Gasteiger partial charge in [0, 0.05) is 17.2 Å². The number of aryl methyl sites for hydroxylation is 1. The highest BCUT2D eigenvalue weighted by Crippen LogP contribution is 2.14. The minimum Gasteiger partial charge on any atom is -0.352 e. The second-order valence-corrected chi connectivity index (χ2v) is 6.41. The second-order valence-electron chi connectivity index (χ2n) is 5.50. The molecule has 4 nitrogen and oxygen atoms in total. The van der Waals surface area contributed by atoms with Crippen LogP contribution in [0.2, 0.25) is 0 Å². The monoisotopic (exact) mass is 383 g/mol. The van der Waals surface area contributed by atoms with Crippen LogP contribution >= 0.6 is 15.9 Å². The Hall–Kier alpha value is -2.40. The molecule has 1 heterocycles. The van der Waals surface area contributed by atoms with Crippen molar-refractivity contribution in [3.05, 3.63) is 82.6 Å². The summed E-state index contributed by atoms with van der Waals surface area (Å²) in [4.78, 5) is 12.2. The van der Waals surface area contributed by atoms with Gasteiger partial charge in [0.2, 0.25) is 0 Å². The molecule has 1 aromatic heterocycles. The van der Waals surface area contributed by atoms with Gasteiger partial charge in [-0.2, -0.15) is 5.10 Å². The summed E-state index contributed by atoms with van der Waals surface area (Å²) in [6.45, 7) is 0.650. The van der Waals surface area contributed by atoms with Crippen molar-refractivity contribution in [3.8, 4) is 5.69 Å². The van der Waals surface area contributed by atoms with Crippen LogP contribution in [-0.4, -0.2) is 22.2 Å². The van der Waals surface area contributed by atoms with Crippen LogP contribution in [0, 0.1) is 0 Å². The minimum atomic E-state index is -0.0913. The van der Waals surface area contributed by atoms with Crippen molar-refractivity contribution in [2.75, 3.05) is 6.54 Å². The Morgan fingerprint density at radius 3 is 2.58 bits per heavy atom. The molecule has 0 aliphatic carbocycles. The second kappa shape index (κ2) is 7.93. The molecule has 0 saturated heterocycles. The van der Waals surface area contributed by atoms with Gasteiger partial charge in [0.05, 0.1) is 17.4 Å². The van der Waals surface area contributed by atoms with Crippen LogP contribution in [0.25, 0.3) is 5.69 Å². The zero-order chi connectivity index (χ0) is 16.8. The summed E-state index contributed by atoms with van der Waals surface area (Å²) in [5.41, 5.74) is 2.77. The van der Waals surface area contributed by atoms with Crippen molar-refractivity contribution >= 4 is 21.8 Å². The van der Waals surface area contributed by atoms with Gasteiger partial charge in [-0.15, -0.1) is 0 Å². The summed E-state index contributed by atoms with van der Waals surface area (Å²) in [7, 11) is 0. The number of benzene rings is 2. The first kappa shape index (κ1) is 16.5. The number of halogens is 1. The predicted molar refractivity (Wildman–Crippen MR) is 98.4 cm³/mol. The molecule has 0 saturated carbocycles. The van der Waals surface area contributed by atoms with Crippen molar-refractivity contribution in [2.24, 2.45) is 0 Å². The topological polar surface area (TPSA) is 46.9 Å². The highest BCUT2D eigenvalue weighted by molar-refractivity contribution is 9.10. The van der Waals surface area contributed by atoms with Crippen LogP contribution in [0.15, 0.2) is 71.5 Å². The molecule has 0 unspecified atom stereocenters. The quantitative estimate of drug-likeness (QED) is 0.653. The average Bonchev–Trinajstić information content (AvgIpc) is 3.10. The Bertz CT molecular complexity index is 797. The highest BCUT2D eigenvalue weighted by atomic mass is 79.9. The van der Waals surface area contributed by atoms with Crippen molar-refractivity contribution in [3.63, 3.8) is 0 Å². The third-order valence-electron chi connectivity index (χ3n) is 3.71. The maximum atomic E-state index is 12.2. The van der Waals surface area contributed by atoms with Gasteiger partial charge in [0.1, 0.15) is 0 Å². The number of amides is 1. The van der Waals surface area contributed by atoms with E-state index in [1.807, 2.05) is 42.5 Å². The molecule has 0 aliphatic heterocycles.